The third-order valence-corrected chi connectivity index (χ3v) is 1.85. The molecule has 3 nitrogen and oxygen atoms in total. The number of anilines is 1. The van der Waals surface area contributed by atoms with Crippen molar-refractivity contribution in [3.63, 3.8) is 0 Å². The average Bonchev–Trinajstić information content (AvgIpc) is 2.11. The SMILES string of the molecule is CCOC(=O)c1cc(F)cc(C)c1N. The number of rotatable bonds is 2. The van der Waals surface area contributed by atoms with Gasteiger partial charge >= 0.3 is 5.97 Å². The molecule has 0 bridgehead atoms. The van der Waals surface area contributed by atoms with E-state index < -0.39 is 11.8 Å². The first kappa shape index (κ1) is 10.5. The lowest BCUT2D eigenvalue weighted by Crippen LogP contribution is -2.09. The van der Waals surface area contributed by atoms with Gasteiger partial charge in [-0.15, -0.1) is 0 Å². The highest BCUT2D eigenvalue weighted by Crippen LogP contribution is 2.19. The number of esters is 1. The molecule has 1 rings (SSSR count). The molecule has 0 saturated heterocycles. The number of benzene rings is 1. The van der Waals surface area contributed by atoms with Crippen molar-refractivity contribution in [3.05, 3.63) is 29.1 Å². The Morgan fingerprint density at radius 2 is 2.21 bits per heavy atom. The molecule has 0 aliphatic carbocycles. The topological polar surface area (TPSA) is 52.3 Å². The van der Waals surface area contributed by atoms with Gasteiger partial charge in [-0.2, -0.15) is 0 Å². The number of nitrogen functional groups attached to an aromatic ring is 1. The van der Waals surface area contributed by atoms with Gasteiger partial charge in [-0.1, -0.05) is 0 Å². The number of halogens is 1. The van der Waals surface area contributed by atoms with Crippen LogP contribution in [0, 0.1) is 12.7 Å². The Kier molecular flexibility index (Phi) is 3.06. The van der Waals surface area contributed by atoms with Crippen LogP contribution in [0.3, 0.4) is 0 Å². The molecule has 2 N–H and O–H groups in total. The van der Waals surface area contributed by atoms with Gasteiger partial charge in [0.2, 0.25) is 0 Å². The van der Waals surface area contributed by atoms with Crippen LogP contribution in [0.15, 0.2) is 12.1 Å². The van der Waals surface area contributed by atoms with E-state index in [1.165, 1.54) is 6.07 Å². The van der Waals surface area contributed by atoms with Crippen molar-refractivity contribution >= 4 is 11.7 Å². The molecule has 0 saturated carbocycles. The Morgan fingerprint density at radius 1 is 1.57 bits per heavy atom. The summed E-state index contributed by atoms with van der Waals surface area (Å²) < 4.78 is 17.7. The van der Waals surface area contributed by atoms with Gasteiger partial charge in [-0.3, -0.25) is 0 Å². The van der Waals surface area contributed by atoms with E-state index in [2.05, 4.69) is 0 Å². The molecule has 4 heteroatoms. The van der Waals surface area contributed by atoms with Crippen LogP contribution in [0.2, 0.25) is 0 Å². The second-order valence-corrected chi connectivity index (χ2v) is 2.90. The first-order valence-corrected chi connectivity index (χ1v) is 4.29. The molecule has 1 aromatic rings. The van der Waals surface area contributed by atoms with E-state index in [0.29, 0.717) is 5.56 Å². The van der Waals surface area contributed by atoms with Gasteiger partial charge in [0.15, 0.2) is 0 Å². The molecule has 0 radical (unpaired) electrons. The molecular weight excluding hydrogens is 185 g/mol. The first-order valence-electron chi connectivity index (χ1n) is 4.29. The molecule has 0 amide bonds. The molecule has 0 spiro atoms. The minimum atomic E-state index is -0.590. The van der Waals surface area contributed by atoms with Gasteiger partial charge in [0.25, 0.3) is 0 Å². The lowest BCUT2D eigenvalue weighted by Gasteiger charge is -2.07. The van der Waals surface area contributed by atoms with Crippen molar-refractivity contribution in [2.45, 2.75) is 13.8 Å². The van der Waals surface area contributed by atoms with Crippen molar-refractivity contribution in [3.8, 4) is 0 Å². The van der Waals surface area contributed by atoms with Crippen molar-refractivity contribution in [1.82, 2.24) is 0 Å². The molecule has 0 aliphatic heterocycles. The maximum atomic E-state index is 12.9. The predicted molar refractivity (Wildman–Crippen MR) is 51.5 cm³/mol. The third-order valence-electron chi connectivity index (χ3n) is 1.85. The van der Waals surface area contributed by atoms with Crippen LogP contribution >= 0.6 is 0 Å². The number of hydrogen-bond donors (Lipinski definition) is 1. The zero-order valence-corrected chi connectivity index (χ0v) is 8.13. The van der Waals surface area contributed by atoms with Gasteiger partial charge in [-0.05, 0) is 31.5 Å². The van der Waals surface area contributed by atoms with E-state index in [4.69, 9.17) is 10.5 Å². The summed E-state index contributed by atoms with van der Waals surface area (Å²) in [6, 6.07) is 2.36. The zero-order valence-electron chi connectivity index (χ0n) is 8.13. The summed E-state index contributed by atoms with van der Waals surface area (Å²) in [6.07, 6.45) is 0. The number of aryl methyl sites for hydroxylation is 1. The molecule has 14 heavy (non-hydrogen) atoms. The quantitative estimate of drug-likeness (QED) is 0.581. The molecule has 0 fully saturated rings. The van der Waals surface area contributed by atoms with E-state index >= 15 is 0 Å². The Bertz CT molecular complexity index is 363. The molecule has 1 aromatic carbocycles. The van der Waals surface area contributed by atoms with Gasteiger partial charge in [0, 0.05) is 5.69 Å². The van der Waals surface area contributed by atoms with E-state index in [1.807, 2.05) is 0 Å². The van der Waals surface area contributed by atoms with Crippen molar-refractivity contribution in [2.24, 2.45) is 0 Å². The largest absolute Gasteiger partial charge is 0.462 e. The van der Waals surface area contributed by atoms with Crippen LogP contribution in [0.5, 0.6) is 0 Å². The van der Waals surface area contributed by atoms with Crippen molar-refractivity contribution < 1.29 is 13.9 Å². The van der Waals surface area contributed by atoms with Crippen LogP contribution in [0.1, 0.15) is 22.8 Å². The van der Waals surface area contributed by atoms with Crippen LogP contribution in [0.25, 0.3) is 0 Å². The standard InChI is InChI=1S/C10H12FNO2/c1-3-14-10(13)8-5-7(11)4-6(2)9(8)12/h4-5H,3,12H2,1-2H3. The molecule has 0 unspecified atom stereocenters. The smallest absolute Gasteiger partial charge is 0.340 e. The number of nitrogens with two attached hydrogens (primary N) is 1. The number of carbonyl (C=O) groups excluding carboxylic acids is 1. The maximum absolute atomic E-state index is 12.9. The number of carbonyl (C=O) groups is 1. The third kappa shape index (κ3) is 2.02. The van der Waals surface area contributed by atoms with Crippen molar-refractivity contribution in [2.75, 3.05) is 12.3 Å². The molecule has 0 heterocycles. The fourth-order valence-corrected chi connectivity index (χ4v) is 1.13. The summed E-state index contributed by atoms with van der Waals surface area (Å²) in [5.41, 5.74) is 6.51. The predicted octanol–water partition coefficient (Wildman–Crippen LogP) is 1.89. The lowest BCUT2D eigenvalue weighted by atomic mass is 10.1. The van der Waals surface area contributed by atoms with E-state index in [0.717, 1.165) is 6.07 Å². The second-order valence-electron chi connectivity index (χ2n) is 2.90. The highest BCUT2D eigenvalue weighted by atomic mass is 19.1. The maximum Gasteiger partial charge on any atom is 0.340 e. The molecular formula is C10H12FNO2. The Hall–Kier alpha value is -1.58. The monoisotopic (exact) mass is 197 g/mol. The van der Waals surface area contributed by atoms with Crippen LogP contribution in [-0.2, 0) is 4.74 Å². The van der Waals surface area contributed by atoms with Crippen LogP contribution in [0.4, 0.5) is 10.1 Å². The summed E-state index contributed by atoms with van der Waals surface area (Å²) in [5, 5.41) is 0. The van der Waals surface area contributed by atoms with Gasteiger partial charge in [0.05, 0.1) is 12.2 Å². The molecule has 0 atom stereocenters. The van der Waals surface area contributed by atoms with Crippen LogP contribution in [-0.4, -0.2) is 12.6 Å². The first-order chi connectivity index (χ1) is 6.56. The second kappa shape index (κ2) is 4.09. The minimum absolute atomic E-state index is 0.0874. The van der Waals surface area contributed by atoms with E-state index in [9.17, 15) is 9.18 Å². The number of ether oxygens (including phenoxy) is 1. The Balaban J connectivity index is 3.13. The van der Waals surface area contributed by atoms with E-state index in [-0.39, 0.29) is 17.9 Å². The van der Waals surface area contributed by atoms with Gasteiger partial charge in [0.1, 0.15) is 5.82 Å². The normalized spacial score (nSPS) is 9.93. The highest BCUT2D eigenvalue weighted by Gasteiger charge is 2.13. The minimum Gasteiger partial charge on any atom is -0.462 e. The molecule has 0 aliphatic rings. The molecule has 76 valence electrons. The average molecular weight is 197 g/mol. The number of hydrogen-bond acceptors (Lipinski definition) is 3. The fraction of sp³-hybridized carbons (Fsp3) is 0.300. The summed E-state index contributed by atoms with van der Waals surface area (Å²) in [4.78, 5) is 11.3. The van der Waals surface area contributed by atoms with E-state index in [1.54, 1.807) is 13.8 Å². The summed E-state index contributed by atoms with van der Waals surface area (Å²) in [7, 11) is 0. The van der Waals surface area contributed by atoms with Gasteiger partial charge in [-0.25, -0.2) is 9.18 Å². The lowest BCUT2D eigenvalue weighted by molar-refractivity contribution is 0.0527. The summed E-state index contributed by atoms with van der Waals surface area (Å²) in [6.45, 7) is 3.56. The van der Waals surface area contributed by atoms with Crippen LogP contribution < -0.4 is 5.73 Å². The zero-order chi connectivity index (χ0) is 10.7. The van der Waals surface area contributed by atoms with Gasteiger partial charge < -0.3 is 10.5 Å². The molecule has 0 aromatic heterocycles. The Morgan fingerprint density at radius 3 is 2.79 bits per heavy atom. The summed E-state index contributed by atoms with van der Waals surface area (Å²) in [5.74, 6) is -1.08. The highest BCUT2D eigenvalue weighted by molar-refractivity contribution is 5.95. The summed E-state index contributed by atoms with van der Waals surface area (Å²) >= 11 is 0. The Labute approximate surface area is 81.7 Å². The fourth-order valence-electron chi connectivity index (χ4n) is 1.13. The van der Waals surface area contributed by atoms with Crippen molar-refractivity contribution in [1.29, 1.82) is 0 Å².